The number of carbonyl (C=O) groups excluding carboxylic acids is 2. The number of amides is 2. The average molecular weight is 263 g/mol. The fourth-order valence-electron chi connectivity index (χ4n) is 1.98. The van der Waals surface area contributed by atoms with E-state index in [1.165, 1.54) is 12.5 Å². The molecule has 0 aliphatic carbocycles. The molecule has 1 saturated heterocycles. The van der Waals surface area contributed by atoms with Crippen LogP contribution in [0.5, 0.6) is 0 Å². The van der Waals surface area contributed by atoms with Crippen LogP contribution in [0.2, 0.25) is 0 Å². The summed E-state index contributed by atoms with van der Waals surface area (Å²) in [7, 11) is 0. The third-order valence-electron chi connectivity index (χ3n) is 2.99. The van der Waals surface area contributed by atoms with E-state index in [2.05, 4.69) is 10.5 Å². The van der Waals surface area contributed by atoms with Crippen LogP contribution in [0, 0.1) is 0 Å². The Labute approximate surface area is 111 Å². The van der Waals surface area contributed by atoms with Gasteiger partial charge in [0.1, 0.15) is 5.76 Å². The highest BCUT2D eigenvalue weighted by Gasteiger charge is 2.22. The number of nitrogens with zero attached hydrogens (tertiary/aromatic N) is 2. The van der Waals surface area contributed by atoms with Gasteiger partial charge in [0.15, 0.2) is 0 Å². The highest BCUT2D eigenvalue weighted by Crippen LogP contribution is 2.09. The maximum absolute atomic E-state index is 11.9. The molecule has 1 N–H and O–H groups in total. The highest BCUT2D eigenvalue weighted by atomic mass is 16.3. The van der Waals surface area contributed by atoms with Gasteiger partial charge in [0, 0.05) is 13.1 Å². The van der Waals surface area contributed by atoms with Crippen LogP contribution in [0.15, 0.2) is 27.9 Å². The number of hydrogen-bond acceptors (Lipinski definition) is 4. The van der Waals surface area contributed by atoms with Crippen molar-refractivity contribution < 1.29 is 14.0 Å². The predicted molar refractivity (Wildman–Crippen MR) is 69.5 cm³/mol. The van der Waals surface area contributed by atoms with E-state index in [1.807, 2.05) is 0 Å². The summed E-state index contributed by atoms with van der Waals surface area (Å²) in [4.78, 5) is 25.1. The maximum Gasteiger partial charge on any atom is 0.329 e. The Morgan fingerprint density at radius 2 is 2.00 bits per heavy atom. The lowest BCUT2D eigenvalue weighted by Gasteiger charge is -2.18. The van der Waals surface area contributed by atoms with E-state index in [1.54, 1.807) is 17.0 Å². The smallest absolute Gasteiger partial charge is 0.329 e. The van der Waals surface area contributed by atoms with Crippen molar-refractivity contribution in [2.75, 3.05) is 13.1 Å². The Balaban J connectivity index is 1.83. The van der Waals surface area contributed by atoms with Crippen molar-refractivity contribution >= 4 is 18.0 Å². The van der Waals surface area contributed by atoms with E-state index in [4.69, 9.17) is 4.42 Å². The van der Waals surface area contributed by atoms with Crippen molar-refractivity contribution in [3.63, 3.8) is 0 Å². The Kier molecular flexibility index (Phi) is 4.72. The molecule has 2 amide bonds. The molecular formula is C13H17N3O3. The molecular weight excluding hydrogens is 246 g/mol. The van der Waals surface area contributed by atoms with Crippen molar-refractivity contribution in [1.82, 2.24) is 10.3 Å². The molecule has 102 valence electrons. The number of nitrogens with one attached hydrogen (secondary N) is 1. The second kappa shape index (κ2) is 6.72. The summed E-state index contributed by atoms with van der Waals surface area (Å²) in [5.74, 6) is -0.703. The summed E-state index contributed by atoms with van der Waals surface area (Å²) in [6.45, 7) is 1.29. The van der Waals surface area contributed by atoms with Crippen LogP contribution >= 0.6 is 0 Å². The highest BCUT2D eigenvalue weighted by molar-refractivity contribution is 6.35. The molecule has 6 heteroatoms. The molecule has 1 aliphatic rings. The molecule has 1 aromatic rings. The molecule has 0 unspecified atom stereocenters. The fraction of sp³-hybridized carbons (Fsp3) is 0.462. The summed E-state index contributed by atoms with van der Waals surface area (Å²) >= 11 is 0. The molecule has 0 spiro atoms. The van der Waals surface area contributed by atoms with Crippen LogP contribution in [0.25, 0.3) is 0 Å². The summed E-state index contributed by atoms with van der Waals surface area (Å²) in [6.07, 6.45) is 6.99. The van der Waals surface area contributed by atoms with Gasteiger partial charge in [-0.05, 0) is 25.0 Å². The third-order valence-corrected chi connectivity index (χ3v) is 2.99. The zero-order valence-corrected chi connectivity index (χ0v) is 10.7. The van der Waals surface area contributed by atoms with Gasteiger partial charge in [-0.2, -0.15) is 5.10 Å². The lowest BCUT2D eigenvalue weighted by atomic mass is 10.2. The number of hydrogen-bond donors (Lipinski definition) is 1. The average Bonchev–Trinajstić information content (AvgIpc) is 2.78. The Morgan fingerprint density at radius 3 is 2.63 bits per heavy atom. The van der Waals surface area contributed by atoms with Crippen molar-refractivity contribution in [2.45, 2.75) is 25.7 Å². The predicted octanol–water partition coefficient (Wildman–Crippen LogP) is 1.13. The van der Waals surface area contributed by atoms with E-state index in [-0.39, 0.29) is 0 Å². The standard InChI is InChI=1S/C13H17N3O3/c17-12(15-14-10-11-6-5-9-19-11)13(18)16-7-3-1-2-4-8-16/h5-6,9-10H,1-4,7-8H2,(H,15,17)/b14-10+. The minimum atomic E-state index is -0.704. The maximum atomic E-state index is 11.9. The van der Waals surface area contributed by atoms with E-state index in [9.17, 15) is 9.59 Å². The third kappa shape index (κ3) is 3.94. The number of carbonyl (C=O) groups is 2. The number of rotatable bonds is 2. The summed E-state index contributed by atoms with van der Waals surface area (Å²) < 4.78 is 5.01. The summed E-state index contributed by atoms with van der Waals surface area (Å²) in [5, 5.41) is 3.69. The quantitative estimate of drug-likeness (QED) is 0.494. The lowest BCUT2D eigenvalue weighted by molar-refractivity contribution is -0.145. The van der Waals surface area contributed by atoms with Crippen LogP contribution in [0.1, 0.15) is 31.4 Å². The number of likely N-dealkylation sites (tertiary alicyclic amines) is 1. The molecule has 2 heterocycles. The second-order valence-electron chi connectivity index (χ2n) is 4.42. The van der Waals surface area contributed by atoms with Gasteiger partial charge in [-0.1, -0.05) is 12.8 Å². The molecule has 19 heavy (non-hydrogen) atoms. The Bertz CT molecular complexity index is 446. The van der Waals surface area contributed by atoms with E-state index in [0.717, 1.165) is 25.7 Å². The lowest BCUT2D eigenvalue weighted by Crippen LogP contribution is -2.41. The van der Waals surface area contributed by atoms with Crippen molar-refractivity contribution in [2.24, 2.45) is 5.10 Å². The van der Waals surface area contributed by atoms with E-state index >= 15 is 0 Å². The zero-order chi connectivity index (χ0) is 13.5. The van der Waals surface area contributed by atoms with Crippen molar-refractivity contribution in [3.05, 3.63) is 24.2 Å². The van der Waals surface area contributed by atoms with E-state index in [0.29, 0.717) is 18.8 Å². The largest absolute Gasteiger partial charge is 0.463 e. The molecule has 0 aromatic carbocycles. The van der Waals surface area contributed by atoms with Gasteiger partial charge in [0.05, 0.1) is 12.5 Å². The minimum absolute atomic E-state index is 0.515. The molecule has 1 aliphatic heterocycles. The van der Waals surface area contributed by atoms with Crippen LogP contribution < -0.4 is 5.43 Å². The van der Waals surface area contributed by atoms with Crippen molar-refractivity contribution in [1.29, 1.82) is 0 Å². The first-order valence-corrected chi connectivity index (χ1v) is 6.43. The zero-order valence-electron chi connectivity index (χ0n) is 10.7. The SMILES string of the molecule is O=C(N/N=C/c1ccco1)C(=O)N1CCCCCC1. The Morgan fingerprint density at radius 1 is 1.26 bits per heavy atom. The van der Waals surface area contributed by atoms with Crippen LogP contribution in [0.3, 0.4) is 0 Å². The summed E-state index contributed by atoms with van der Waals surface area (Å²) in [6, 6.07) is 3.41. The summed E-state index contributed by atoms with van der Waals surface area (Å²) in [5.41, 5.74) is 2.22. The van der Waals surface area contributed by atoms with Gasteiger partial charge < -0.3 is 9.32 Å². The van der Waals surface area contributed by atoms with Crippen LogP contribution in [-0.2, 0) is 9.59 Å². The van der Waals surface area contributed by atoms with Gasteiger partial charge in [-0.15, -0.1) is 0 Å². The first-order chi connectivity index (χ1) is 9.27. The van der Waals surface area contributed by atoms with Gasteiger partial charge in [0.2, 0.25) is 0 Å². The van der Waals surface area contributed by atoms with Crippen LogP contribution in [0.4, 0.5) is 0 Å². The molecule has 0 saturated carbocycles. The molecule has 0 atom stereocenters. The number of furan rings is 1. The van der Waals surface area contributed by atoms with Gasteiger partial charge in [-0.25, -0.2) is 5.43 Å². The Hall–Kier alpha value is -2.11. The molecule has 6 nitrogen and oxygen atoms in total. The van der Waals surface area contributed by atoms with Crippen molar-refractivity contribution in [3.8, 4) is 0 Å². The first kappa shape index (κ1) is 13.3. The van der Waals surface area contributed by atoms with Crippen LogP contribution in [-0.4, -0.2) is 36.0 Å². The van der Waals surface area contributed by atoms with Gasteiger partial charge in [0.25, 0.3) is 0 Å². The molecule has 0 bridgehead atoms. The number of hydrazone groups is 1. The minimum Gasteiger partial charge on any atom is -0.463 e. The normalized spacial score (nSPS) is 16.3. The molecule has 2 rings (SSSR count). The molecule has 1 aromatic heterocycles. The second-order valence-corrected chi connectivity index (χ2v) is 4.42. The molecule has 1 fully saturated rings. The fourth-order valence-corrected chi connectivity index (χ4v) is 1.98. The topological polar surface area (TPSA) is 74.9 Å². The monoisotopic (exact) mass is 263 g/mol. The van der Waals surface area contributed by atoms with Gasteiger partial charge in [-0.3, -0.25) is 9.59 Å². The van der Waals surface area contributed by atoms with E-state index < -0.39 is 11.8 Å². The first-order valence-electron chi connectivity index (χ1n) is 6.43. The molecule has 0 radical (unpaired) electrons. The van der Waals surface area contributed by atoms with Gasteiger partial charge >= 0.3 is 11.8 Å².